The van der Waals surface area contributed by atoms with Crippen molar-refractivity contribution in [2.45, 2.75) is 13.0 Å². The first-order valence-corrected chi connectivity index (χ1v) is 3.35. The van der Waals surface area contributed by atoms with Gasteiger partial charge in [-0.1, -0.05) is 6.58 Å². The van der Waals surface area contributed by atoms with E-state index in [4.69, 9.17) is 0 Å². The summed E-state index contributed by atoms with van der Waals surface area (Å²) in [4.78, 5) is 21.6. The fourth-order valence-corrected chi connectivity index (χ4v) is 0.627. The number of hydrogen-bond donors (Lipinski definition) is 0. The van der Waals surface area contributed by atoms with E-state index in [-0.39, 0.29) is 5.57 Å². The van der Waals surface area contributed by atoms with Crippen molar-refractivity contribution < 1.29 is 19.1 Å². The van der Waals surface area contributed by atoms with Crippen LogP contribution in [0.3, 0.4) is 0 Å². The van der Waals surface area contributed by atoms with Gasteiger partial charge < -0.3 is 9.47 Å². The Morgan fingerprint density at radius 3 is 2.83 bits per heavy atom. The Bertz CT molecular complexity index is 264. The molecule has 1 aliphatic heterocycles. The van der Waals surface area contributed by atoms with Gasteiger partial charge in [-0.15, -0.1) is 0 Å². The molecule has 0 spiro atoms. The zero-order valence-electron chi connectivity index (χ0n) is 6.57. The number of esters is 2. The van der Waals surface area contributed by atoms with Crippen LogP contribution >= 0.6 is 0 Å². The minimum absolute atomic E-state index is 0.253. The molecule has 1 atom stereocenters. The Kier molecular flexibility index (Phi) is 2.28. The molecule has 1 rings (SSSR count). The van der Waals surface area contributed by atoms with Crippen LogP contribution in [0.25, 0.3) is 0 Å². The third-order valence-corrected chi connectivity index (χ3v) is 1.25. The predicted molar refractivity (Wildman–Crippen MR) is 39.9 cm³/mol. The number of rotatable bonds is 2. The van der Waals surface area contributed by atoms with Gasteiger partial charge >= 0.3 is 11.9 Å². The van der Waals surface area contributed by atoms with E-state index in [1.807, 2.05) is 0 Å². The molecule has 4 heteroatoms. The van der Waals surface area contributed by atoms with E-state index in [2.05, 4.69) is 16.1 Å². The number of cyclic esters (lactones) is 1. The van der Waals surface area contributed by atoms with Gasteiger partial charge in [-0.05, 0) is 6.92 Å². The van der Waals surface area contributed by atoms with Gasteiger partial charge in [0.05, 0.1) is 6.26 Å². The Morgan fingerprint density at radius 1 is 1.75 bits per heavy atom. The number of carbonyl (C=O) groups excluding carboxylic acids is 2. The summed E-state index contributed by atoms with van der Waals surface area (Å²) in [5.74, 6) is -1.17. The van der Waals surface area contributed by atoms with Gasteiger partial charge in [0.25, 0.3) is 0 Å². The Hall–Kier alpha value is -1.58. The van der Waals surface area contributed by atoms with E-state index in [0.29, 0.717) is 0 Å². The lowest BCUT2D eigenvalue weighted by Crippen LogP contribution is -2.22. The first-order valence-electron chi connectivity index (χ1n) is 3.35. The summed E-state index contributed by atoms with van der Waals surface area (Å²) in [6, 6.07) is 0. The topological polar surface area (TPSA) is 52.6 Å². The molecular weight excluding hydrogens is 160 g/mol. The summed E-state index contributed by atoms with van der Waals surface area (Å²) in [6.07, 6.45) is 1.65. The van der Waals surface area contributed by atoms with Crippen LogP contribution in [-0.2, 0) is 19.1 Å². The molecule has 0 radical (unpaired) electrons. The fourth-order valence-electron chi connectivity index (χ4n) is 0.627. The monoisotopic (exact) mass is 168 g/mol. The second-order valence-corrected chi connectivity index (χ2v) is 2.37. The minimum Gasteiger partial charge on any atom is -0.443 e. The van der Waals surface area contributed by atoms with Crippen molar-refractivity contribution >= 4 is 11.9 Å². The SMILES string of the molecule is C=C(C)C(=O)OC1C=COC1=O. The Balaban J connectivity index is 2.51. The van der Waals surface area contributed by atoms with E-state index < -0.39 is 18.0 Å². The van der Waals surface area contributed by atoms with E-state index in [1.165, 1.54) is 19.3 Å². The first kappa shape index (κ1) is 8.52. The third kappa shape index (κ3) is 1.72. The zero-order valence-corrected chi connectivity index (χ0v) is 6.57. The van der Waals surface area contributed by atoms with E-state index in [1.54, 1.807) is 0 Å². The summed E-state index contributed by atoms with van der Waals surface area (Å²) >= 11 is 0. The molecule has 0 aromatic carbocycles. The number of hydrogen-bond acceptors (Lipinski definition) is 4. The summed E-state index contributed by atoms with van der Waals surface area (Å²) in [6.45, 7) is 4.88. The van der Waals surface area contributed by atoms with Crippen molar-refractivity contribution in [2.75, 3.05) is 0 Å². The number of ether oxygens (including phenoxy) is 2. The van der Waals surface area contributed by atoms with E-state index >= 15 is 0 Å². The molecule has 0 saturated carbocycles. The summed E-state index contributed by atoms with van der Waals surface area (Å²) in [5, 5.41) is 0. The van der Waals surface area contributed by atoms with Crippen molar-refractivity contribution in [2.24, 2.45) is 0 Å². The number of carbonyl (C=O) groups is 2. The first-order chi connectivity index (χ1) is 5.61. The van der Waals surface area contributed by atoms with Crippen LogP contribution in [0, 0.1) is 0 Å². The van der Waals surface area contributed by atoms with Crippen molar-refractivity contribution in [1.29, 1.82) is 0 Å². The standard InChI is InChI=1S/C8H8O4/c1-5(2)7(9)12-6-3-4-11-8(6)10/h3-4,6H,1H2,2H3. The molecule has 12 heavy (non-hydrogen) atoms. The van der Waals surface area contributed by atoms with Crippen LogP contribution in [0.15, 0.2) is 24.5 Å². The molecule has 0 saturated heterocycles. The lowest BCUT2D eigenvalue weighted by molar-refractivity contribution is -0.155. The smallest absolute Gasteiger partial charge is 0.356 e. The highest BCUT2D eigenvalue weighted by Crippen LogP contribution is 2.08. The van der Waals surface area contributed by atoms with Crippen LogP contribution in [0.1, 0.15) is 6.92 Å². The van der Waals surface area contributed by atoms with Crippen LogP contribution in [0.5, 0.6) is 0 Å². The highest BCUT2D eigenvalue weighted by atomic mass is 16.6. The van der Waals surface area contributed by atoms with Crippen LogP contribution in [-0.4, -0.2) is 18.0 Å². The molecule has 0 aliphatic carbocycles. The molecule has 4 nitrogen and oxygen atoms in total. The van der Waals surface area contributed by atoms with Gasteiger partial charge in [-0.25, -0.2) is 9.59 Å². The van der Waals surface area contributed by atoms with Crippen molar-refractivity contribution in [3.05, 3.63) is 24.5 Å². The summed E-state index contributed by atoms with van der Waals surface area (Å²) in [5.41, 5.74) is 0.253. The second-order valence-electron chi connectivity index (χ2n) is 2.37. The average molecular weight is 168 g/mol. The zero-order chi connectivity index (χ0) is 9.14. The molecule has 0 aromatic rings. The molecular formula is C8H8O4. The van der Waals surface area contributed by atoms with Gasteiger partial charge in [0.15, 0.2) is 0 Å². The largest absolute Gasteiger partial charge is 0.443 e. The summed E-state index contributed by atoms with van der Waals surface area (Å²) < 4.78 is 9.10. The van der Waals surface area contributed by atoms with Crippen LogP contribution < -0.4 is 0 Å². The molecule has 1 heterocycles. The van der Waals surface area contributed by atoms with E-state index in [0.717, 1.165) is 0 Å². The molecule has 1 aliphatic rings. The Labute approximate surface area is 69.5 Å². The molecule has 0 N–H and O–H groups in total. The van der Waals surface area contributed by atoms with Crippen molar-refractivity contribution in [1.82, 2.24) is 0 Å². The predicted octanol–water partition coefficient (Wildman–Crippen LogP) is 0.545. The van der Waals surface area contributed by atoms with Crippen molar-refractivity contribution in [3.8, 4) is 0 Å². The molecule has 1 unspecified atom stereocenters. The van der Waals surface area contributed by atoms with E-state index in [9.17, 15) is 9.59 Å². The summed E-state index contributed by atoms with van der Waals surface area (Å²) in [7, 11) is 0. The minimum atomic E-state index is -0.908. The maximum absolute atomic E-state index is 10.9. The van der Waals surface area contributed by atoms with Crippen molar-refractivity contribution in [3.63, 3.8) is 0 Å². The second kappa shape index (κ2) is 3.21. The average Bonchev–Trinajstić information content (AvgIpc) is 2.36. The van der Waals surface area contributed by atoms with Gasteiger partial charge in [-0.3, -0.25) is 0 Å². The lowest BCUT2D eigenvalue weighted by Gasteiger charge is -2.06. The van der Waals surface area contributed by atoms with Gasteiger partial charge in [0, 0.05) is 11.6 Å². The van der Waals surface area contributed by atoms with Gasteiger partial charge in [0.1, 0.15) is 0 Å². The van der Waals surface area contributed by atoms with Gasteiger partial charge in [-0.2, -0.15) is 0 Å². The quantitative estimate of drug-likeness (QED) is 0.446. The van der Waals surface area contributed by atoms with Gasteiger partial charge in [0.2, 0.25) is 6.10 Å². The normalized spacial score (nSPS) is 20.4. The molecule has 0 aromatic heterocycles. The van der Waals surface area contributed by atoms with Crippen LogP contribution in [0.4, 0.5) is 0 Å². The molecule has 0 bridgehead atoms. The Morgan fingerprint density at radius 2 is 2.42 bits per heavy atom. The van der Waals surface area contributed by atoms with Crippen LogP contribution in [0.2, 0.25) is 0 Å². The highest BCUT2D eigenvalue weighted by Gasteiger charge is 2.25. The maximum Gasteiger partial charge on any atom is 0.356 e. The highest BCUT2D eigenvalue weighted by molar-refractivity contribution is 5.90. The third-order valence-electron chi connectivity index (χ3n) is 1.25. The molecule has 64 valence electrons. The molecule has 0 amide bonds. The lowest BCUT2D eigenvalue weighted by atomic mass is 10.3. The maximum atomic E-state index is 10.9. The fraction of sp³-hybridized carbons (Fsp3) is 0.250. The molecule has 0 fully saturated rings.